The van der Waals surface area contributed by atoms with E-state index in [4.69, 9.17) is 7.85 Å². The molecule has 0 aromatic heterocycles. The van der Waals surface area contributed by atoms with E-state index in [-0.39, 0.29) is 6.42 Å². The molecule has 0 N–H and O–H groups in total. The third-order valence-corrected chi connectivity index (χ3v) is 5.22. The van der Waals surface area contributed by atoms with Gasteiger partial charge in [-0.1, -0.05) is 44.7 Å². The fourth-order valence-electron chi connectivity index (χ4n) is 2.88. The summed E-state index contributed by atoms with van der Waals surface area (Å²) in [5, 5.41) is 0. The number of nitrogens with zero attached hydrogens (tertiary/aromatic N) is 1. The van der Waals surface area contributed by atoms with Gasteiger partial charge in [-0.2, -0.15) is 0 Å². The Hall–Kier alpha value is -1.27. The van der Waals surface area contributed by atoms with Crippen molar-refractivity contribution in [3.05, 3.63) is 36.6 Å². The summed E-state index contributed by atoms with van der Waals surface area (Å²) >= 11 is 0. The number of halogens is 5. The Morgan fingerprint density at radius 2 is 1.46 bits per heavy atom. The quantitative estimate of drug-likeness (QED) is 0.188. The predicted octanol–water partition coefficient (Wildman–Crippen LogP) is 6.67. The first-order chi connectivity index (χ1) is 12.3. The van der Waals surface area contributed by atoms with Crippen molar-refractivity contribution >= 4 is 7.85 Å². The lowest BCUT2D eigenvalue weighted by atomic mass is 9.59. The second-order valence-corrected chi connectivity index (χ2v) is 8.49. The molecule has 0 aliphatic rings. The maximum absolute atomic E-state index is 14.4. The summed E-state index contributed by atoms with van der Waals surface area (Å²) in [5.74, 6) is -7.30. The van der Waals surface area contributed by atoms with Crippen molar-refractivity contribution < 1.29 is 22.0 Å². The molecule has 0 aromatic rings. The number of hydrogen-bond acceptors (Lipinski definition) is 1. The summed E-state index contributed by atoms with van der Waals surface area (Å²) in [6.45, 7) is 16.3. The summed E-state index contributed by atoms with van der Waals surface area (Å²) in [6.07, 6.45) is -0.228. The van der Waals surface area contributed by atoms with Gasteiger partial charge in [0.15, 0.2) is 0 Å². The van der Waals surface area contributed by atoms with E-state index in [9.17, 15) is 22.0 Å². The minimum atomic E-state index is -3.94. The van der Waals surface area contributed by atoms with Crippen LogP contribution < -0.4 is 0 Å². The third kappa shape index (κ3) is 7.63. The average molecular weight is 405 g/mol. The van der Waals surface area contributed by atoms with E-state index < -0.39 is 35.7 Å². The molecule has 0 aromatic carbocycles. The van der Waals surface area contributed by atoms with Crippen LogP contribution in [0, 0.1) is 5.41 Å². The van der Waals surface area contributed by atoms with Crippen LogP contribution in [-0.4, -0.2) is 43.8 Å². The van der Waals surface area contributed by atoms with E-state index in [0.717, 1.165) is 37.8 Å². The summed E-state index contributed by atoms with van der Waals surface area (Å²) in [5.41, 5.74) is -3.32. The van der Waals surface area contributed by atoms with Crippen LogP contribution >= 0.6 is 0 Å². The Bertz CT molecular complexity index is 576. The molecule has 0 fully saturated rings. The molecule has 2 radical (unpaired) electrons. The highest BCUT2D eigenvalue weighted by molar-refractivity contribution is 6.15. The molecule has 0 spiro atoms. The van der Waals surface area contributed by atoms with Crippen LogP contribution in [-0.2, 0) is 0 Å². The Balaban J connectivity index is 4.72. The molecule has 0 saturated heterocycles. The predicted molar refractivity (Wildman–Crippen MR) is 108 cm³/mol. The molecule has 7 heteroatoms. The minimum Gasteiger partial charge on any atom is -0.378 e. The second kappa shape index (κ2) is 9.49. The van der Waals surface area contributed by atoms with E-state index in [2.05, 4.69) is 19.7 Å². The maximum Gasteiger partial charge on any atom is 0.270 e. The molecule has 160 valence electrons. The van der Waals surface area contributed by atoms with Crippen LogP contribution in [0.3, 0.4) is 0 Å². The molecule has 0 saturated carbocycles. The van der Waals surface area contributed by atoms with E-state index >= 15 is 0 Å². The van der Waals surface area contributed by atoms with Crippen LogP contribution in [0.15, 0.2) is 36.6 Å². The van der Waals surface area contributed by atoms with Crippen molar-refractivity contribution in [2.45, 2.75) is 77.2 Å². The highest BCUT2D eigenvalue weighted by atomic mass is 19.3. The molecule has 1 nitrogen and oxygen atoms in total. The van der Waals surface area contributed by atoms with Gasteiger partial charge in [-0.3, -0.25) is 0 Å². The molecule has 0 rings (SSSR count). The van der Waals surface area contributed by atoms with Gasteiger partial charge in [0.1, 0.15) is 13.4 Å². The number of hydrogen-bond donors (Lipinski definition) is 0. The van der Waals surface area contributed by atoms with E-state index in [0.29, 0.717) is 19.2 Å². The number of allylic oxidation sites excluding steroid dienone is 3. The summed E-state index contributed by atoms with van der Waals surface area (Å²) in [6, 6.07) is 0. The molecular formula is C21H33BF5N. The van der Waals surface area contributed by atoms with Gasteiger partial charge < -0.3 is 4.90 Å². The maximum atomic E-state index is 14.4. The summed E-state index contributed by atoms with van der Waals surface area (Å²) in [7, 11) is 6.84. The minimum absolute atomic E-state index is 0.0343. The first-order valence-corrected chi connectivity index (χ1v) is 9.30. The largest absolute Gasteiger partial charge is 0.378 e. The van der Waals surface area contributed by atoms with Crippen molar-refractivity contribution in [2.75, 3.05) is 13.6 Å². The second-order valence-electron chi connectivity index (χ2n) is 8.49. The Morgan fingerprint density at radius 1 is 0.964 bits per heavy atom. The molecule has 0 heterocycles. The molecule has 1 atom stereocenters. The molecule has 28 heavy (non-hydrogen) atoms. The number of rotatable bonds is 13. The lowest BCUT2D eigenvalue weighted by molar-refractivity contribution is -0.155. The van der Waals surface area contributed by atoms with E-state index in [1.165, 1.54) is 0 Å². The van der Waals surface area contributed by atoms with Crippen LogP contribution in [0.25, 0.3) is 0 Å². The fraction of sp³-hybridized carbons (Fsp3) is 0.714. The van der Waals surface area contributed by atoms with E-state index in [1.54, 1.807) is 11.9 Å². The third-order valence-electron chi connectivity index (χ3n) is 5.22. The van der Waals surface area contributed by atoms with Gasteiger partial charge in [0.25, 0.3) is 5.92 Å². The highest BCUT2D eigenvalue weighted by Crippen LogP contribution is 2.49. The van der Waals surface area contributed by atoms with Crippen molar-refractivity contribution in [1.82, 2.24) is 4.90 Å². The Kier molecular flexibility index (Phi) is 9.06. The topological polar surface area (TPSA) is 3.24 Å². The van der Waals surface area contributed by atoms with Crippen LogP contribution in [0.4, 0.5) is 22.0 Å². The zero-order valence-corrected chi connectivity index (χ0v) is 17.8. The van der Waals surface area contributed by atoms with Gasteiger partial charge in [-0.15, -0.1) is 0 Å². The van der Waals surface area contributed by atoms with Gasteiger partial charge in [0.2, 0.25) is 5.92 Å². The van der Waals surface area contributed by atoms with Gasteiger partial charge in [-0.05, 0) is 26.2 Å². The van der Waals surface area contributed by atoms with Gasteiger partial charge in [-0.25, -0.2) is 22.0 Å². The summed E-state index contributed by atoms with van der Waals surface area (Å²) < 4.78 is 69.9. The smallest absolute Gasteiger partial charge is 0.270 e. The zero-order chi connectivity index (χ0) is 22.6. The standard InChI is InChI=1S/C21H33BF5N/c1-15(2)16(3)10-9-13-28(8)17(4)11-12-20(25,26)14-18(5,6)21(22,27)19(7,23)24/h1,3-4,9-14H2,2,5-8H3. The molecule has 0 aliphatic heterocycles. The average Bonchev–Trinajstić information content (AvgIpc) is 2.49. The van der Waals surface area contributed by atoms with Crippen molar-refractivity contribution in [1.29, 1.82) is 0 Å². The number of alkyl halides is 5. The lowest BCUT2D eigenvalue weighted by Crippen LogP contribution is -2.55. The molecule has 0 bridgehead atoms. The van der Waals surface area contributed by atoms with E-state index in [1.807, 2.05) is 6.92 Å². The first kappa shape index (κ1) is 26.7. The Labute approximate surface area is 168 Å². The Morgan fingerprint density at radius 3 is 1.89 bits per heavy atom. The normalized spacial score (nSPS) is 15.1. The SMILES string of the molecule is [B]C(F)(C(C)(F)F)C(C)(C)CC(F)(F)CCC(=C)N(C)CCCC(=C)C(=C)C. The summed E-state index contributed by atoms with van der Waals surface area (Å²) in [4.78, 5) is 1.77. The fourth-order valence-corrected chi connectivity index (χ4v) is 2.88. The highest BCUT2D eigenvalue weighted by Gasteiger charge is 2.58. The van der Waals surface area contributed by atoms with Crippen molar-refractivity contribution in [3.8, 4) is 0 Å². The lowest BCUT2D eigenvalue weighted by Gasteiger charge is -2.43. The molecule has 1 unspecified atom stereocenters. The monoisotopic (exact) mass is 405 g/mol. The van der Waals surface area contributed by atoms with Crippen molar-refractivity contribution in [2.24, 2.45) is 5.41 Å². The van der Waals surface area contributed by atoms with Crippen LogP contribution in [0.5, 0.6) is 0 Å². The zero-order valence-electron chi connectivity index (χ0n) is 17.8. The van der Waals surface area contributed by atoms with Crippen molar-refractivity contribution in [3.63, 3.8) is 0 Å². The van der Waals surface area contributed by atoms with Gasteiger partial charge in [0, 0.05) is 44.5 Å². The van der Waals surface area contributed by atoms with Crippen LogP contribution in [0.2, 0.25) is 0 Å². The first-order valence-electron chi connectivity index (χ1n) is 9.30. The van der Waals surface area contributed by atoms with Gasteiger partial charge >= 0.3 is 0 Å². The molecular weight excluding hydrogens is 372 g/mol. The van der Waals surface area contributed by atoms with Gasteiger partial charge in [0.05, 0.1) is 0 Å². The molecule has 0 aliphatic carbocycles. The van der Waals surface area contributed by atoms with Crippen LogP contribution in [0.1, 0.15) is 59.8 Å². The molecule has 0 amide bonds.